The smallest absolute Gasteiger partial charge is 0.197 e. The van der Waals surface area contributed by atoms with Crippen LogP contribution in [0.4, 0.5) is 4.39 Å². The van der Waals surface area contributed by atoms with E-state index in [0.717, 1.165) is 18.4 Å². The van der Waals surface area contributed by atoms with Crippen molar-refractivity contribution in [3.63, 3.8) is 0 Å². The molecule has 1 atom stereocenters. The fourth-order valence-electron chi connectivity index (χ4n) is 0.967. The van der Waals surface area contributed by atoms with Crippen molar-refractivity contribution in [1.29, 1.82) is 0 Å². The molecular weight excluding hydrogens is 243 g/mol. The summed E-state index contributed by atoms with van der Waals surface area (Å²) >= 11 is 5.43. The summed E-state index contributed by atoms with van der Waals surface area (Å²) in [5, 5.41) is 0. The maximum atomic E-state index is 12.7. The molecule has 0 aliphatic carbocycles. The van der Waals surface area contributed by atoms with E-state index in [0.29, 0.717) is 0 Å². The van der Waals surface area contributed by atoms with E-state index in [1.54, 1.807) is 0 Å². The normalized spacial score (nSPS) is 13.5. The zero-order valence-corrected chi connectivity index (χ0v) is 9.35. The Bertz CT molecular complexity index is 484. The van der Waals surface area contributed by atoms with E-state index < -0.39 is 26.1 Å². The van der Waals surface area contributed by atoms with Crippen molar-refractivity contribution in [2.45, 2.75) is 4.71 Å². The predicted octanol–water partition coefficient (Wildman–Crippen LogP) is 1.62. The van der Waals surface area contributed by atoms with E-state index >= 15 is 0 Å². The fraction of sp³-hybridized carbons (Fsp3) is 0.222. The summed E-state index contributed by atoms with van der Waals surface area (Å²) in [6.45, 7) is 0. The average molecular weight is 251 g/mol. The molecule has 0 spiro atoms. The summed E-state index contributed by atoms with van der Waals surface area (Å²) in [5.41, 5.74) is -0.0552. The predicted molar refractivity (Wildman–Crippen MR) is 55.2 cm³/mol. The second-order valence-corrected chi connectivity index (χ2v) is 5.85. The van der Waals surface area contributed by atoms with Gasteiger partial charge >= 0.3 is 0 Å². The van der Waals surface area contributed by atoms with Crippen LogP contribution in [0.3, 0.4) is 0 Å². The number of carbonyl (C=O) groups is 1. The number of sulfone groups is 1. The van der Waals surface area contributed by atoms with Gasteiger partial charge in [0.25, 0.3) is 0 Å². The third-order valence-electron chi connectivity index (χ3n) is 1.69. The number of halogens is 2. The molecule has 0 aromatic heterocycles. The number of rotatable bonds is 3. The first-order valence-corrected chi connectivity index (χ1v) is 6.34. The molecular formula is C9H8ClFO3S. The Morgan fingerprint density at radius 3 is 2.53 bits per heavy atom. The van der Waals surface area contributed by atoms with Crippen molar-refractivity contribution in [3.05, 3.63) is 35.6 Å². The van der Waals surface area contributed by atoms with Crippen LogP contribution in [0.15, 0.2) is 24.3 Å². The van der Waals surface area contributed by atoms with E-state index in [1.807, 2.05) is 0 Å². The second kappa shape index (κ2) is 4.28. The molecule has 6 heteroatoms. The highest BCUT2D eigenvalue weighted by molar-refractivity contribution is 7.93. The molecule has 1 aromatic carbocycles. The van der Waals surface area contributed by atoms with Crippen LogP contribution in [0.1, 0.15) is 10.4 Å². The van der Waals surface area contributed by atoms with Gasteiger partial charge in [0.2, 0.25) is 0 Å². The van der Waals surface area contributed by atoms with Gasteiger partial charge in [0.05, 0.1) is 0 Å². The van der Waals surface area contributed by atoms with Crippen LogP contribution in [0.2, 0.25) is 0 Å². The number of ketones is 1. The van der Waals surface area contributed by atoms with Gasteiger partial charge in [-0.2, -0.15) is 0 Å². The number of Topliss-reactive ketones (excluding diaryl/α,β-unsaturated/α-hetero) is 1. The first-order valence-electron chi connectivity index (χ1n) is 3.95. The standard InChI is InChI=1S/C9H8ClFO3S/c1-15(13,14)9(10)8(12)6-3-2-4-7(11)5-6/h2-5,9H,1H3/t9-/m1/s1. The van der Waals surface area contributed by atoms with Gasteiger partial charge in [0.1, 0.15) is 5.82 Å². The van der Waals surface area contributed by atoms with Gasteiger partial charge in [-0.1, -0.05) is 23.7 Å². The highest BCUT2D eigenvalue weighted by Crippen LogP contribution is 2.14. The first-order chi connectivity index (χ1) is 6.82. The zero-order valence-electron chi connectivity index (χ0n) is 7.78. The van der Waals surface area contributed by atoms with Crippen LogP contribution >= 0.6 is 11.6 Å². The second-order valence-electron chi connectivity index (χ2n) is 3.02. The maximum absolute atomic E-state index is 12.7. The lowest BCUT2D eigenvalue weighted by Gasteiger charge is -2.05. The Labute approximate surface area is 91.8 Å². The summed E-state index contributed by atoms with van der Waals surface area (Å²) in [5.74, 6) is -1.43. The van der Waals surface area contributed by atoms with E-state index in [4.69, 9.17) is 11.6 Å². The molecule has 0 amide bonds. The Hall–Kier alpha value is -0.940. The van der Waals surface area contributed by atoms with Crippen LogP contribution in [0.25, 0.3) is 0 Å². The molecule has 0 unspecified atom stereocenters. The summed E-state index contributed by atoms with van der Waals surface area (Å²) in [4.78, 5) is 11.5. The van der Waals surface area contributed by atoms with Crippen molar-refractivity contribution in [3.8, 4) is 0 Å². The van der Waals surface area contributed by atoms with E-state index in [1.165, 1.54) is 12.1 Å². The van der Waals surface area contributed by atoms with Crippen molar-refractivity contribution in [2.75, 3.05) is 6.26 Å². The molecule has 0 saturated carbocycles. The molecule has 0 bridgehead atoms. The summed E-state index contributed by atoms with van der Waals surface area (Å²) < 4.78 is 33.0. The van der Waals surface area contributed by atoms with Crippen LogP contribution in [0, 0.1) is 5.82 Å². The quantitative estimate of drug-likeness (QED) is 0.605. The van der Waals surface area contributed by atoms with Crippen LogP contribution in [-0.4, -0.2) is 25.2 Å². The average Bonchev–Trinajstić information content (AvgIpc) is 2.14. The molecule has 1 aromatic rings. The highest BCUT2D eigenvalue weighted by atomic mass is 35.5. The lowest BCUT2D eigenvalue weighted by Crippen LogP contribution is -2.23. The van der Waals surface area contributed by atoms with Gasteiger partial charge in [0, 0.05) is 11.8 Å². The SMILES string of the molecule is CS(=O)(=O)[C@@H](Cl)C(=O)c1cccc(F)c1. The molecule has 0 saturated heterocycles. The van der Waals surface area contributed by atoms with Gasteiger partial charge in [-0.15, -0.1) is 0 Å². The van der Waals surface area contributed by atoms with Gasteiger partial charge in [-0.25, -0.2) is 12.8 Å². The van der Waals surface area contributed by atoms with Gasteiger partial charge in [-0.3, -0.25) is 4.79 Å². The number of benzene rings is 1. The minimum absolute atomic E-state index is 0.0552. The Morgan fingerprint density at radius 2 is 2.07 bits per heavy atom. The summed E-state index contributed by atoms with van der Waals surface area (Å²) in [7, 11) is -3.67. The van der Waals surface area contributed by atoms with Crippen molar-refractivity contribution < 1.29 is 17.6 Å². The molecule has 0 aliphatic rings. The lowest BCUT2D eigenvalue weighted by molar-refractivity contribution is 0.101. The third-order valence-corrected chi connectivity index (χ3v) is 3.83. The summed E-state index contributed by atoms with van der Waals surface area (Å²) in [6, 6.07) is 4.73. The van der Waals surface area contributed by atoms with Crippen LogP contribution in [0.5, 0.6) is 0 Å². The monoisotopic (exact) mass is 250 g/mol. The fourth-order valence-corrected chi connectivity index (χ4v) is 1.62. The van der Waals surface area contributed by atoms with Gasteiger partial charge < -0.3 is 0 Å². The Kier molecular flexibility index (Phi) is 3.46. The van der Waals surface area contributed by atoms with E-state index in [-0.39, 0.29) is 5.56 Å². The van der Waals surface area contributed by atoms with Gasteiger partial charge in [0.15, 0.2) is 20.3 Å². The molecule has 0 fully saturated rings. The minimum atomic E-state index is -3.67. The van der Waals surface area contributed by atoms with Crippen molar-refractivity contribution in [2.24, 2.45) is 0 Å². The minimum Gasteiger partial charge on any atom is -0.291 e. The Morgan fingerprint density at radius 1 is 1.47 bits per heavy atom. The summed E-state index contributed by atoms with van der Waals surface area (Å²) in [6.07, 6.45) is 0.849. The van der Waals surface area contributed by atoms with Crippen molar-refractivity contribution in [1.82, 2.24) is 0 Å². The van der Waals surface area contributed by atoms with Crippen LogP contribution in [-0.2, 0) is 9.84 Å². The molecule has 0 heterocycles. The van der Waals surface area contributed by atoms with Crippen molar-refractivity contribution >= 4 is 27.2 Å². The molecule has 0 N–H and O–H groups in total. The zero-order chi connectivity index (χ0) is 11.6. The first kappa shape index (κ1) is 12.1. The van der Waals surface area contributed by atoms with Crippen LogP contribution < -0.4 is 0 Å². The molecule has 82 valence electrons. The number of hydrogen-bond donors (Lipinski definition) is 0. The van der Waals surface area contributed by atoms with E-state index in [9.17, 15) is 17.6 Å². The maximum Gasteiger partial charge on any atom is 0.197 e. The highest BCUT2D eigenvalue weighted by Gasteiger charge is 2.27. The molecule has 0 aliphatic heterocycles. The van der Waals surface area contributed by atoms with E-state index in [2.05, 4.69) is 0 Å². The number of carbonyl (C=O) groups excluding carboxylic acids is 1. The molecule has 15 heavy (non-hydrogen) atoms. The molecule has 0 radical (unpaired) electrons. The molecule has 3 nitrogen and oxygen atoms in total. The Balaban J connectivity index is 3.06. The largest absolute Gasteiger partial charge is 0.291 e. The number of hydrogen-bond acceptors (Lipinski definition) is 3. The van der Waals surface area contributed by atoms with Gasteiger partial charge in [-0.05, 0) is 12.1 Å². The lowest BCUT2D eigenvalue weighted by atomic mass is 10.1. The third kappa shape index (κ3) is 3.00. The topological polar surface area (TPSA) is 51.2 Å². The molecule has 1 rings (SSSR count). The number of alkyl halides is 1.